The molecule has 1 aromatic carbocycles. The summed E-state index contributed by atoms with van der Waals surface area (Å²) in [5.74, 6) is 0.896. The van der Waals surface area contributed by atoms with Gasteiger partial charge in [0.05, 0.1) is 11.2 Å². The fourth-order valence-electron chi connectivity index (χ4n) is 2.14. The van der Waals surface area contributed by atoms with Gasteiger partial charge in [-0.1, -0.05) is 18.2 Å². The van der Waals surface area contributed by atoms with Crippen LogP contribution in [0, 0.1) is 6.92 Å². The molecule has 2 aromatic heterocycles. The summed E-state index contributed by atoms with van der Waals surface area (Å²) in [6, 6.07) is 13.1. The van der Waals surface area contributed by atoms with Crippen LogP contribution in [0.15, 0.2) is 42.5 Å². The Morgan fingerprint density at radius 1 is 1.13 bits per heavy atom. The zero-order valence-electron chi connectivity index (χ0n) is 13.1. The Kier molecular flexibility index (Phi) is 3.78. The second kappa shape index (κ2) is 5.64. The minimum atomic E-state index is -3.62. The van der Waals surface area contributed by atoms with Crippen LogP contribution in [0.25, 0.3) is 16.7 Å². The molecule has 0 spiro atoms. The van der Waals surface area contributed by atoms with Crippen LogP contribution in [0.5, 0.6) is 0 Å². The number of hydrogen-bond donors (Lipinski definition) is 1. The number of aromatic nitrogens is 3. The molecular formula is C15H17N5O2S. The van der Waals surface area contributed by atoms with Crippen LogP contribution in [0.1, 0.15) is 5.69 Å². The van der Waals surface area contributed by atoms with Crippen molar-refractivity contribution in [3.8, 4) is 5.82 Å². The molecule has 3 rings (SSSR count). The second-order valence-corrected chi connectivity index (χ2v) is 7.22. The quantitative estimate of drug-likeness (QED) is 0.792. The summed E-state index contributed by atoms with van der Waals surface area (Å²) < 4.78 is 29.2. The van der Waals surface area contributed by atoms with Gasteiger partial charge in [-0.05, 0) is 25.1 Å². The fourth-order valence-corrected chi connectivity index (χ4v) is 2.74. The number of benzene rings is 1. The van der Waals surface area contributed by atoms with Crippen molar-refractivity contribution in [3.05, 3.63) is 48.2 Å². The standard InChI is InChI=1S/C15H17N5O2S/c1-11-10-15(18-23(21,22)19(2)3)20(17-11)14-9-8-12-6-4-5-7-13(12)16-14/h4-10,18H,1-3H3. The minimum Gasteiger partial charge on any atom is -0.254 e. The van der Waals surface area contributed by atoms with Gasteiger partial charge in [-0.15, -0.1) is 0 Å². The molecule has 23 heavy (non-hydrogen) atoms. The van der Waals surface area contributed by atoms with Crippen LogP contribution in [0.2, 0.25) is 0 Å². The van der Waals surface area contributed by atoms with E-state index in [0.29, 0.717) is 17.3 Å². The van der Waals surface area contributed by atoms with E-state index in [-0.39, 0.29) is 0 Å². The van der Waals surface area contributed by atoms with E-state index < -0.39 is 10.2 Å². The SMILES string of the molecule is Cc1cc(NS(=O)(=O)N(C)C)n(-c2ccc3ccccc3n2)n1. The summed E-state index contributed by atoms with van der Waals surface area (Å²) in [6.45, 7) is 1.80. The van der Waals surface area contributed by atoms with Crippen molar-refractivity contribution >= 4 is 26.9 Å². The molecule has 0 saturated carbocycles. The Labute approximate surface area is 134 Å². The molecule has 120 valence electrons. The number of nitrogens with zero attached hydrogens (tertiary/aromatic N) is 4. The highest BCUT2D eigenvalue weighted by Gasteiger charge is 2.18. The number of hydrogen-bond acceptors (Lipinski definition) is 4. The summed E-state index contributed by atoms with van der Waals surface area (Å²) in [5.41, 5.74) is 1.51. The first-order valence-electron chi connectivity index (χ1n) is 7.00. The summed E-state index contributed by atoms with van der Waals surface area (Å²) >= 11 is 0. The topological polar surface area (TPSA) is 80.1 Å². The first-order chi connectivity index (χ1) is 10.9. The lowest BCUT2D eigenvalue weighted by Crippen LogP contribution is -2.29. The number of nitrogens with one attached hydrogen (secondary N) is 1. The third kappa shape index (κ3) is 3.03. The highest BCUT2D eigenvalue weighted by Crippen LogP contribution is 2.20. The molecule has 0 amide bonds. The van der Waals surface area contributed by atoms with E-state index in [2.05, 4.69) is 14.8 Å². The summed E-state index contributed by atoms with van der Waals surface area (Å²) in [4.78, 5) is 4.55. The Morgan fingerprint density at radius 3 is 2.61 bits per heavy atom. The average Bonchev–Trinajstić information content (AvgIpc) is 2.86. The van der Waals surface area contributed by atoms with E-state index in [4.69, 9.17) is 0 Å². The van der Waals surface area contributed by atoms with Crippen LogP contribution in [-0.4, -0.2) is 41.6 Å². The maximum absolute atomic E-state index is 12.1. The molecule has 0 bridgehead atoms. The van der Waals surface area contributed by atoms with Crippen molar-refractivity contribution < 1.29 is 8.42 Å². The van der Waals surface area contributed by atoms with Crippen molar-refractivity contribution in [3.63, 3.8) is 0 Å². The largest absolute Gasteiger partial charge is 0.302 e. The van der Waals surface area contributed by atoms with Crippen LogP contribution in [0.3, 0.4) is 0 Å². The number of fused-ring (bicyclic) bond motifs is 1. The van der Waals surface area contributed by atoms with Gasteiger partial charge in [0.2, 0.25) is 0 Å². The van der Waals surface area contributed by atoms with Gasteiger partial charge >= 0.3 is 10.2 Å². The maximum Gasteiger partial charge on any atom is 0.302 e. The van der Waals surface area contributed by atoms with Gasteiger partial charge in [-0.25, -0.2) is 4.98 Å². The predicted molar refractivity (Wildman–Crippen MR) is 89.8 cm³/mol. The zero-order valence-corrected chi connectivity index (χ0v) is 13.9. The van der Waals surface area contributed by atoms with E-state index in [1.54, 1.807) is 13.0 Å². The van der Waals surface area contributed by atoms with E-state index >= 15 is 0 Å². The fraction of sp³-hybridized carbons (Fsp3) is 0.200. The Morgan fingerprint density at radius 2 is 1.87 bits per heavy atom. The van der Waals surface area contributed by atoms with Gasteiger partial charge in [-0.3, -0.25) is 4.72 Å². The molecule has 1 N–H and O–H groups in total. The van der Waals surface area contributed by atoms with E-state index in [0.717, 1.165) is 15.2 Å². The Bertz CT molecular complexity index is 963. The van der Waals surface area contributed by atoms with Crippen molar-refractivity contribution in [2.45, 2.75) is 6.92 Å². The molecule has 0 aliphatic carbocycles. The third-order valence-corrected chi connectivity index (χ3v) is 4.78. The predicted octanol–water partition coefficient (Wildman–Crippen LogP) is 1.95. The molecule has 0 unspecified atom stereocenters. The van der Waals surface area contributed by atoms with Gasteiger partial charge in [0.1, 0.15) is 5.82 Å². The summed E-state index contributed by atoms with van der Waals surface area (Å²) in [5, 5.41) is 5.35. The van der Waals surface area contributed by atoms with Crippen LogP contribution in [-0.2, 0) is 10.2 Å². The van der Waals surface area contributed by atoms with Gasteiger partial charge < -0.3 is 0 Å². The molecule has 2 heterocycles. The normalized spacial score (nSPS) is 12.0. The first-order valence-corrected chi connectivity index (χ1v) is 8.44. The van der Waals surface area contributed by atoms with E-state index in [9.17, 15) is 8.42 Å². The van der Waals surface area contributed by atoms with Gasteiger partial charge in [0.15, 0.2) is 5.82 Å². The highest BCUT2D eigenvalue weighted by molar-refractivity contribution is 7.90. The second-order valence-electron chi connectivity index (χ2n) is 5.33. The molecule has 0 aliphatic heterocycles. The molecule has 7 nitrogen and oxygen atoms in total. The monoisotopic (exact) mass is 331 g/mol. The van der Waals surface area contributed by atoms with Gasteiger partial charge in [0.25, 0.3) is 0 Å². The van der Waals surface area contributed by atoms with E-state index in [1.165, 1.54) is 18.8 Å². The first kappa shape index (κ1) is 15.4. The zero-order chi connectivity index (χ0) is 16.6. The number of aryl methyl sites for hydroxylation is 1. The van der Waals surface area contributed by atoms with Crippen molar-refractivity contribution in [2.75, 3.05) is 18.8 Å². The molecule has 0 atom stereocenters. The van der Waals surface area contributed by atoms with Gasteiger partial charge in [0, 0.05) is 25.5 Å². The van der Waals surface area contributed by atoms with Crippen LogP contribution >= 0.6 is 0 Å². The molecule has 0 fully saturated rings. The number of para-hydroxylation sites is 1. The molecule has 3 aromatic rings. The third-order valence-electron chi connectivity index (χ3n) is 3.35. The van der Waals surface area contributed by atoms with Crippen molar-refractivity contribution in [1.29, 1.82) is 0 Å². The molecule has 8 heteroatoms. The molecule has 0 saturated heterocycles. The lowest BCUT2D eigenvalue weighted by atomic mass is 10.2. The maximum atomic E-state index is 12.1. The van der Waals surface area contributed by atoms with E-state index in [1.807, 2.05) is 36.4 Å². The summed E-state index contributed by atoms with van der Waals surface area (Å²) in [7, 11) is -0.691. The molecule has 0 radical (unpaired) electrons. The Balaban J connectivity index is 2.08. The van der Waals surface area contributed by atoms with Crippen LogP contribution < -0.4 is 4.72 Å². The lowest BCUT2D eigenvalue weighted by molar-refractivity contribution is 0.526. The Hall–Kier alpha value is -2.45. The lowest BCUT2D eigenvalue weighted by Gasteiger charge is -2.14. The number of rotatable bonds is 4. The summed E-state index contributed by atoms with van der Waals surface area (Å²) in [6.07, 6.45) is 0. The highest BCUT2D eigenvalue weighted by atomic mass is 32.2. The molecule has 0 aliphatic rings. The van der Waals surface area contributed by atoms with Crippen LogP contribution in [0.4, 0.5) is 5.82 Å². The van der Waals surface area contributed by atoms with Gasteiger partial charge in [-0.2, -0.15) is 22.5 Å². The number of anilines is 1. The minimum absolute atomic E-state index is 0.346. The smallest absolute Gasteiger partial charge is 0.254 e. The number of pyridine rings is 1. The average molecular weight is 331 g/mol. The van der Waals surface area contributed by atoms with Crippen molar-refractivity contribution in [2.24, 2.45) is 0 Å². The molecular weight excluding hydrogens is 314 g/mol. The van der Waals surface area contributed by atoms with Crippen molar-refractivity contribution in [1.82, 2.24) is 19.1 Å².